The first-order chi connectivity index (χ1) is 8.21. The topological polar surface area (TPSA) is 50.4 Å². The third-order valence-electron chi connectivity index (χ3n) is 2.40. The SMILES string of the molecule is C=CCC(Nc1ccc(OC)cc1)C(=O)NC. The van der Waals surface area contributed by atoms with Gasteiger partial charge in [-0.15, -0.1) is 6.58 Å². The second-order valence-electron chi connectivity index (χ2n) is 3.56. The molecule has 0 heterocycles. The molecule has 0 spiro atoms. The van der Waals surface area contributed by atoms with E-state index in [1.165, 1.54) is 0 Å². The number of likely N-dealkylation sites (N-methyl/N-ethyl adjacent to an activating group) is 1. The van der Waals surface area contributed by atoms with Crippen LogP contribution in [-0.2, 0) is 4.79 Å². The quantitative estimate of drug-likeness (QED) is 0.738. The third-order valence-corrected chi connectivity index (χ3v) is 2.40. The molecule has 4 nitrogen and oxygen atoms in total. The Kier molecular flexibility index (Phi) is 5.07. The van der Waals surface area contributed by atoms with Crippen LogP contribution in [0.2, 0.25) is 0 Å². The van der Waals surface area contributed by atoms with E-state index in [0.29, 0.717) is 6.42 Å². The van der Waals surface area contributed by atoms with Crippen LogP contribution in [0.3, 0.4) is 0 Å². The van der Waals surface area contributed by atoms with Gasteiger partial charge >= 0.3 is 0 Å². The van der Waals surface area contributed by atoms with Gasteiger partial charge in [0.2, 0.25) is 5.91 Å². The Balaban J connectivity index is 2.71. The van der Waals surface area contributed by atoms with Crippen LogP contribution < -0.4 is 15.4 Å². The van der Waals surface area contributed by atoms with E-state index >= 15 is 0 Å². The van der Waals surface area contributed by atoms with Crippen molar-refractivity contribution in [3.05, 3.63) is 36.9 Å². The molecule has 0 bridgehead atoms. The molecule has 0 saturated carbocycles. The molecule has 0 aliphatic rings. The minimum atomic E-state index is -0.300. The minimum absolute atomic E-state index is 0.0549. The molecule has 0 aliphatic heterocycles. The zero-order valence-corrected chi connectivity index (χ0v) is 10.2. The zero-order chi connectivity index (χ0) is 12.7. The van der Waals surface area contributed by atoms with Crippen LogP contribution in [0.15, 0.2) is 36.9 Å². The molecule has 1 rings (SSSR count). The third kappa shape index (κ3) is 3.83. The molecule has 1 atom stereocenters. The maximum absolute atomic E-state index is 11.6. The van der Waals surface area contributed by atoms with Gasteiger partial charge in [0.1, 0.15) is 11.8 Å². The van der Waals surface area contributed by atoms with Crippen molar-refractivity contribution >= 4 is 11.6 Å². The van der Waals surface area contributed by atoms with Gasteiger partial charge in [-0.1, -0.05) is 6.08 Å². The first kappa shape index (κ1) is 13.1. The second kappa shape index (κ2) is 6.58. The summed E-state index contributed by atoms with van der Waals surface area (Å²) in [6.07, 6.45) is 2.29. The number of carbonyl (C=O) groups excluding carboxylic acids is 1. The fourth-order valence-electron chi connectivity index (χ4n) is 1.46. The van der Waals surface area contributed by atoms with E-state index in [-0.39, 0.29) is 11.9 Å². The molecule has 0 saturated heterocycles. The maximum Gasteiger partial charge on any atom is 0.242 e. The number of carbonyl (C=O) groups is 1. The Bertz CT molecular complexity index is 374. The van der Waals surface area contributed by atoms with E-state index in [1.54, 1.807) is 20.2 Å². The molecule has 2 N–H and O–H groups in total. The molecule has 1 aromatic carbocycles. The molecule has 0 aliphatic carbocycles. The van der Waals surface area contributed by atoms with Gasteiger partial charge in [-0.05, 0) is 30.7 Å². The van der Waals surface area contributed by atoms with Gasteiger partial charge in [0, 0.05) is 12.7 Å². The van der Waals surface area contributed by atoms with Crippen LogP contribution >= 0.6 is 0 Å². The molecule has 4 heteroatoms. The van der Waals surface area contributed by atoms with Crippen molar-refractivity contribution in [2.45, 2.75) is 12.5 Å². The van der Waals surface area contributed by atoms with Crippen molar-refractivity contribution in [3.8, 4) is 5.75 Å². The highest BCUT2D eigenvalue weighted by Gasteiger charge is 2.14. The summed E-state index contributed by atoms with van der Waals surface area (Å²) in [4.78, 5) is 11.6. The number of ether oxygens (including phenoxy) is 1. The molecule has 0 fully saturated rings. The lowest BCUT2D eigenvalue weighted by atomic mass is 10.1. The van der Waals surface area contributed by atoms with Crippen LogP contribution in [0.25, 0.3) is 0 Å². The lowest BCUT2D eigenvalue weighted by Gasteiger charge is -2.17. The number of amides is 1. The predicted octanol–water partition coefficient (Wildman–Crippen LogP) is 1.80. The summed E-state index contributed by atoms with van der Waals surface area (Å²) < 4.78 is 5.07. The summed E-state index contributed by atoms with van der Waals surface area (Å²) in [6, 6.07) is 7.13. The largest absolute Gasteiger partial charge is 0.497 e. The molecule has 1 unspecified atom stereocenters. The highest BCUT2D eigenvalue weighted by atomic mass is 16.5. The van der Waals surface area contributed by atoms with E-state index < -0.39 is 0 Å². The Morgan fingerprint density at radius 3 is 2.59 bits per heavy atom. The number of methoxy groups -OCH3 is 1. The lowest BCUT2D eigenvalue weighted by Crippen LogP contribution is -2.37. The highest BCUT2D eigenvalue weighted by Crippen LogP contribution is 2.16. The monoisotopic (exact) mass is 234 g/mol. The molecule has 0 radical (unpaired) electrons. The van der Waals surface area contributed by atoms with Gasteiger partial charge in [-0.25, -0.2) is 0 Å². The molecular weight excluding hydrogens is 216 g/mol. The Hall–Kier alpha value is -1.97. The van der Waals surface area contributed by atoms with Gasteiger partial charge in [0.05, 0.1) is 7.11 Å². The number of anilines is 1. The summed E-state index contributed by atoms with van der Waals surface area (Å²) in [5.41, 5.74) is 0.876. The molecule has 1 aromatic rings. The number of hydrogen-bond acceptors (Lipinski definition) is 3. The fraction of sp³-hybridized carbons (Fsp3) is 0.308. The molecular formula is C13H18N2O2. The number of benzene rings is 1. The van der Waals surface area contributed by atoms with Crippen molar-refractivity contribution in [2.24, 2.45) is 0 Å². The first-order valence-electron chi connectivity index (χ1n) is 5.44. The van der Waals surface area contributed by atoms with Crippen molar-refractivity contribution < 1.29 is 9.53 Å². The first-order valence-corrected chi connectivity index (χ1v) is 5.44. The van der Waals surface area contributed by atoms with E-state index in [4.69, 9.17) is 4.74 Å². The second-order valence-corrected chi connectivity index (χ2v) is 3.56. The Labute approximate surface area is 102 Å². The van der Waals surface area contributed by atoms with Crippen LogP contribution in [0.4, 0.5) is 5.69 Å². The number of nitrogens with one attached hydrogen (secondary N) is 2. The van der Waals surface area contributed by atoms with Crippen LogP contribution in [0, 0.1) is 0 Å². The van der Waals surface area contributed by atoms with Crippen molar-refractivity contribution in [2.75, 3.05) is 19.5 Å². The normalized spacial score (nSPS) is 11.4. The zero-order valence-electron chi connectivity index (χ0n) is 10.2. The highest BCUT2D eigenvalue weighted by molar-refractivity contribution is 5.84. The van der Waals surface area contributed by atoms with E-state index in [0.717, 1.165) is 11.4 Å². The summed E-state index contributed by atoms with van der Waals surface area (Å²) in [6.45, 7) is 3.65. The van der Waals surface area contributed by atoms with Crippen molar-refractivity contribution in [1.29, 1.82) is 0 Å². The van der Waals surface area contributed by atoms with E-state index in [1.807, 2.05) is 24.3 Å². The standard InChI is InChI=1S/C13H18N2O2/c1-4-5-12(13(16)14-2)15-10-6-8-11(17-3)9-7-10/h4,6-9,12,15H,1,5H2,2-3H3,(H,14,16). The van der Waals surface area contributed by atoms with Gasteiger partial charge in [-0.2, -0.15) is 0 Å². The smallest absolute Gasteiger partial charge is 0.242 e. The van der Waals surface area contributed by atoms with E-state index in [9.17, 15) is 4.79 Å². The summed E-state index contributed by atoms with van der Waals surface area (Å²) in [5, 5.41) is 5.76. The van der Waals surface area contributed by atoms with Crippen LogP contribution in [-0.4, -0.2) is 26.1 Å². The van der Waals surface area contributed by atoms with Gasteiger partial charge < -0.3 is 15.4 Å². The Morgan fingerprint density at radius 2 is 2.12 bits per heavy atom. The molecule has 17 heavy (non-hydrogen) atoms. The average Bonchev–Trinajstić information content (AvgIpc) is 2.38. The van der Waals surface area contributed by atoms with Crippen LogP contribution in [0.5, 0.6) is 5.75 Å². The van der Waals surface area contributed by atoms with Gasteiger partial charge in [0.25, 0.3) is 0 Å². The Morgan fingerprint density at radius 1 is 1.47 bits per heavy atom. The maximum atomic E-state index is 11.6. The van der Waals surface area contributed by atoms with Crippen molar-refractivity contribution in [3.63, 3.8) is 0 Å². The molecule has 92 valence electrons. The fourth-order valence-corrected chi connectivity index (χ4v) is 1.46. The number of rotatable bonds is 6. The van der Waals surface area contributed by atoms with Gasteiger partial charge in [-0.3, -0.25) is 4.79 Å². The molecule has 1 amide bonds. The minimum Gasteiger partial charge on any atom is -0.497 e. The molecule has 0 aromatic heterocycles. The predicted molar refractivity (Wildman–Crippen MR) is 69.3 cm³/mol. The summed E-state index contributed by atoms with van der Waals surface area (Å²) in [5.74, 6) is 0.733. The van der Waals surface area contributed by atoms with E-state index in [2.05, 4.69) is 17.2 Å². The van der Waals surface area contributed by atoms with Crippen molar-refractivity contribution in [1.82, 2.24) is 5.32 Å². The summed E-state index contributed by atoms with van der Waals surface area (Å²) >= 11 is 0. The average molecular weight is 234 g/mol. The number of hydrogen-bond donors (Lipinski definition) is 2. The summed E-state index contributed by atoms with van der Waals surface area (Å²) in [7, 11) is 3.24. The van der Waals surface area contributed by atoms with Crippen LogP contribution in [0.1, 0.15) is 6.42 Å². The van der Waals surface area contributed by atoms with Gasteiger partial charge in [0.15, 0.2) is 0 Å². The lowest BCUT2D eigenvalue weighted by molar-refractivity contribution is -0.121.